The van der Waals surface area contributed by atoms with E-state index in [-0.39, 0.29) is 0 Å². The van der Waals surface area contributed by atoms with E-state index in [1.807, 2.05) is 6.07 Å². The zero-order valence-corrected chi connectivity index (χ0v) is 13.8. The van der Waals surface area contributed by atoms with Crippen LogP contribution in [-0.2, 0) is 6.54 Å². The van der Waals surface area contributed by atoms with Gasteiger partial charge in [0, 0.05) is 25.8 Å². The van der Waals surface area contributed by atoms with Crippen LogP contribution in [0.2, 0.25) is 0 Å². The average molecular weight is 288 g/mol. The van der Waals surface area contributed by atoms with Gasteiger partial charge in [-0.15, -0.1) is 0 Å². The molecule has 0 spiro atoms. The number of anilines is 1. The summed E-state index contributed by atoms with van der Waals surface area (Å²) in [4.78, 5) is 7.28. The second kappa shape index (κ2) is 7.46. The summed E-state index contributed by atoms with van der Waals surface area (Å²) in [5.41, 5.74) is 2.29. The number of hydrogen-bond acceptors (Lipinski definition) is 3. The fourth-order valence-corrected chi connectivity index (χ4v) is 2.57. The summed E-state index contributed by atoms with van der Waals surface area (Å²) in [5.74, 6) is 1.81. The van der Waals surface area contributed by atoms with E-state index in [1.54, 1.807) is 0 Å². The summed E-state index contributed by atoms with van der Waals surface area (Å²) in [6.45, 7) is 12.8. The Hall–Kier alpha value is -1.55. The van der Waals surface area contributed by atoms with Crippen molar-refractivity contribution in [2.45, 2.75) is 40.7 Å². The average Bonchev–Trinajstić information content (AvgIpc) is 2.88. The highest BCUT2D eigenvalue weighted by Crippen LogP contribution is 2.23. The minimum atomic E-state index is 0.682. The molecular weight excluding hydrogens is 260 g/mol. The van der Waals surface area contributed by atoms with Crippen molar-refractivity contribution < 1.29 is 0 Å². The smallest absolute Gasteiger partial charge is 0.152 e. The monoisotopic (exact) mass is 288 g/mol. The Balaban J connectivity index is 2.39. The minimum absolute atomic E-state index is 0.682. The molecule has 1 N–H and O–H groups in total. The van der Waals surface area contributed by atoms with Gasteiger partial charge in [-0.1, -0.05) is 33.3 Å². The molecule has 1 unspecified atom stereocenters. The van der Waals surface area contributed by atoms with Gasteiger partial charge in [-0.05, 0) is 31.5 Å². The molecule has 0 aliphatic heterocycles. The number of nitrogens with zero attached hydrogens (tertiary/aromatic N) is 3. The van der Waals surface area contributed by atoms with Gasteiger partial charge < -0.3 is 14.6 Å². The fraction of sp³-hybridized carbons (Fsp3) is 0.588. The van der Waals surface area contributed by atoms with Gasteiger partial charge in [0.1, 0.15) is 5.65 Å². The van der Waals surface area contributed by atoms with Crippen molar-refractivity contribution in [3.8, 4) is 0 Å². The molecule has 0 radical (unpaired) electrons. The molecule has 116 valence electrons. The van der Waals surface area contributed by atoms with Crippen LogP contribution in [-0.4, -0.2) is 29.0 Å². The van der Waals surface area contributed by atoms with Gasteiger partial charge in [0.25, 0.3) is 0 Å². The zero-order valence-electron chi connectivity index (χ0n) is 13.8. The topological polar surface area (TPSA) is 32.6 Å². The second-order valence-electron chi connectivity index (χ2n) is 5.64. The highest BCUT2D eigenvalue weighted by molar-refractivity contribution is 5.56. The first kappa shape index (κ1) is 15.8. The van der Waals surface area contributed by atoms with Crippen molar-refractivity contribution in [3.05, 3.63) is 30.1 Å². The molecule has 0 fully saturated rings. The fourth-order valence-electron chi connectivity index (χ4n) is 2.57. The van der Waals surface area contributed by atoms with Gasteiger partial charge in [0.15, 0.2) is 5.82 Å². The molecule has 0 saturated carbocycles. The summed E-state index contributed by atoms with van der Waals surface area (Å²) in [6, 6.07) is 6.20. The van der Waals surface area contributed by atoms with E-state index in [2.05, 4.69) is 60.6 Å². The van der Waals surface area contributed by atoms with Crippen LogP contribution in [0.5, 0.6) is 0 Å². The molecule has 21 heavy (non-hydrogen) atoms. The maximum absolute atomic E-state index is 4.87. The molecular formula is C17H28N4. The van der Waals surface area contributed by atoms with Gasteiger partial charge in [-0.2, -0.15) is 0 Å². The van der Waals surface area contributed by atoms with Crippen LogP contribution >= 0.6 is 0 Å². The first-order valence-electron chi connectivity index (χ1n) is 8.12. The highest BCUT2D eigenvalue weighted by Gasteiger charge is 2.18. The Morgan fingerprint density at radius 2 is 2.10 bits per heavy atom. The maximum Gasteiger partial charge on any atom is 0.152 e. The molecule has 2 rings (SSSR count). The third kappa shape index (κ3) is 3.56. The molecule has 2 aromatic heterocycles. The number of imidazole rings is 1. The van der Waals surface area contributed by atoms with Crippen molar-refractivity contribution >= 4 is 11.5 Å². The number of aromatic nitrogens is 2. The van der Waals surface area contributed by atoms with Crippen LogP contribution in [0.4, 0.5) is 5.82 Å². The molecule has 0 saturated heterocycles. The van der Waals surface area contributed by atoms with Gasteiger partial charge in [0.05, 0.1) is 5.69 Å². The highest BCUT2D eigenvalue weighted by atomic mass is 15.2. The summed E-state index contributed by atoms with van der Waals surface area (Å²) in [6.07, 6.45) is 3.31. The van der Waals surface area contributed by atoms with Gasteiger partial charge >= 0.3 is 0 Å². The lowest BCUT2D eigenvalue weighted by Gasteiger charge is -2.25. The van der Waals surface area contributed by atoms with E-state index < -0.39 is 0 Å². The molecule has 2 heterocycles. The first-order chi connectivity index (χ1) is 10.2. The van der Waals surface area contributed by atoms with Crippen LogP contribution in [0.3, 0.4) is 0 Å². The molecule has 0 bridgehead atoms. The standard InChI is InChI=1S/C17H28N4/c1-5-14(4)13-20(7-3)17-15(12-18-6-2)21-11-9-8-10-16(21)19-17/h8-11,14,18H,5-7,12-13H2,1-4H3. The van der Waals surface area contributed by atoms with Gasteiger partial charge in [-0.3, -0.25) is 0 Å². The zero-order chi connectivity index (χ0) is 15.2. The van der Waals surface area contributed by atoms with Crippen molar-refractivity contribution in [2.24, 2.45) is 5.92 Å². The van der Waals surface area contributed by atoms with E-state index in [1.165, 1.54) is 12.1 Å². The third-order valence-corrected chi connectivity index (χ3v) is 4.06. The van der Waals surface area contributed by atoms with Crippen molar-refractivity contribution in [1.82, 2.24) is 14.7 Å². The first-order valence-corrected chi connectivity index (χ1v) is 8.12. The van der Waals surface area contributed by atoms with Crippen molar-refractivity contribution in [1.29, 1.82) is 0 Å². The summed E-state index contributed by atoms with van der Waals surface area (Å²) >= 11 is 0. The Morgan fingerprint density at radius 1 is 1.29 bits per heavy atom. The number of fused-ring (bicyclic) bond motifs is 1. The van der Waals surface area contributed by atoms with Crippen LogP contribution in [0.25, 0.3) is 5.65 Å². The summed E-state index contributed by atoms with van der Waals surface area (Å²) in [5, 5.41) is 3.44. The Kier molecular flexibility index (Phi) is 5.62. The largest absolute Gasteiger partial charge is 0.355 e. The molecule has 2 aromatic rings. The molecule has 0 amide bonds. The van der Waals surface area contributed by atoms with E-state index >= 15 is 0 Å². The number of pyridine rings is 1. The van der Waals surface area contributed by atoms with E-state index in [9.17, 15) is 0 Å². The number of hydrogen-bond donors (Lipinski definition) is 1. The normalized spacial score (nSPS) is 12.8. The molecule has 0 aliphatic rings. The third-order valence-electron chi connectivity index (χ3n) is 4.06. The van der Waals surface area contributed by atoms with E-state index in [0.717, 1.165) is 37.6 Å². The molecule has 0 aromatic carbocycles. The minimum Gasteiger partial charge on any atom is -0.355 e. The lowest BCUT2D eigenvalue weighted by atomic mass is 10.1. The lowest BCUT2D eigenvalue weighted by Crippen LogP contribution is -2.30. The molecule has 4 heteroatoms. The molecule has 4 nitrogen and oxygen atoms in total. The molecule has 0 aliphatic carbocycles. The Bertz CT molecular complexity index is 561. The predicted molar refractivity (Wildman–Crippen MR) is 89.9 cm³/mol. The van der Waals surface area contributed by atoms with Crippen LogP contribution in [0.1, 0.15) is 39.8 Å². The van der Waals surface area contributed by atoms with Crippen LogP contribution in [0.15, 0.2) is 24.4 Å². The number of rotatable bonds is 8. The SMILES string of the molecule is CCNCc1c(N(CC)CC(C)CC)nc2ccccn12. The number of nitrogens with one attached hydrogen (secondary N) is 1. The summed E-state index contributed by atoms with van der Waals surface area (Å²) < 4.78 is 2.21. The Morgan fingerprint density at radius 3 is 2.76 bits per heavy atom. The van der Waals surface area contributed by atoms with Gasteiger partial charge in [-0.25, -0.2) is 4.98 Å². The molecule has 1 atom stereocenters. The van der Waals surface area contributed by atoms with Crippen molar-refractivity contribution in [3.63, 3.8) is 0 Å². The van der Waals surface area contributed by atoms with E-state index in [0.29, 0.717) is 5.92 Å². The quantitative estimate of drug-likeness (QED) is 0.809. The summed E-state index contributed by atoms with van der Waals surface area (Å²) in [7, 11) is 0. The second-order valence-corrected chi connectivity index (χ2v) is 5.64. The van der Waals surface area contributed by atoms with E-state index in [4.69, 9.17) is 4.98 Å². The van der Waals surface area contributed by atoms with Gasteiger partial charge in [0.2, 0.25) is 0 Å². The Labute approximate surface area is 128 Å². The van der Waals surface area contributed by atoms with Crippen LogP contribution in [0, 0.1) is 5.92 Å². The predicted octanol–water partition coefficient (Wildman–Crippen LogP) is 3.32. The van der Waals surface area contributed by atoms with Crippen LogP contribution < -0.4 is 10.2 Å². The maximum atomic E-state index is 4.87. The lowest BCUT2D eigenvalue weighted by molar-refractivity contribution is 0.544. The van der Waals surface area contributed by atoms with Crippen molar-refractivity contribution in [2.75, 3.05) is 24.5 Å².